The highest BCUT2D eigenvalue weighted by Crippen LogP contribution is 2.30. The standard InChI is InChI=1S/C20H12ClN3O4S2/c21-13-1-5-16(6-2-13)29-19-8-4-15(28-19)11-22-23-20(25)18-10-12-9-14(24(26)27)3-7-17(12)30-18/h1-11H,(H,23,25). The molecule has 1 amide bonds. The lowest BCUT2D eigenvalue weighted by atomic mass is 10.2. The van der Waals surface area contributed by atoms with E-state index in [0.717, 1.165) is 9.60 Å². The Morgan fingerprint density at radius 1 is 1.17 bits per heavy atom. The summed E-state index contributed by atoms with van der Waals surface area (Å²) in [5.74, 6) is 0.0798. The van der Waals surface area contributed by atoms with E-state index in [1.165, 1.54) is 41.4 Å². The Labute approximate surface area is 183 Å². The van der Waals surface area contributed by atoms with Crippen LogP contribution < -0.4 is 5.43 Å². The van der Waals surface area contributed by atoms with E-state index in [0.29, 0.717) is 26.1 Å². The Hall–Kier alpha value is -3.14. The topological polar surface area (TPSA) is 97.7 Å². The molecule has 4 rings (SSSR count). The van der Waals surface area contributed by atoms with Crippen LogP contribution in [0.3, 0.4) is 0 Å². The summed E-state index contributed by atoms with van der Waals surface area (Å²) >= 11 is 8.55. The second-order valence-electron chi connectivity index (χ2n) is 6.00. The lowest BCUT2D eigenvalue weighted by Gasteiger charge is -1.97. The zero-order valence-electron chi connectivity index (χ0n) is 15.1. The molecule has 2 aromatic heterocycles. The van der Waals surface area contributed by atoms with Crippen molar-refractivity contribution in [1.29, 1.82) is 0 Å². The van der Waals surface area contributed by atoms with Crippen molar-refractivity contribution in [2.45, 2.75) is 9.99 Å². The van der Waals surface area contributed by atoms with Crippen LogP contribution in [-0.4, -0.2) is 17.0 Å². The number of nitrogens with one attached hydrogen (secondary N) is 1. The summed E-state index contributed by atoms with van der Waals surface area (Å²) in [6.07, 6.45) is 1.40. The first-order chi connectivity index (χ1) is 14.5. The molecule has 0 aliphatic rings. The summed E-state index contributed by atoms with van der Waals surface area (Å²) in [5.41, 5.74) is 2.42. The summed E-state index contributed by atoms with van der Waals surface area (Å²) in [7, 11) is 0. The lowest BCUT2D eigenvalue weighted by molar-refractivity contribution is -0.384. The molecule has 0 saturated heterocycles. The number of carbonyl (C=O) groups excluding carboxylic acids is 1. The minimum absolute atomic E-state index is 0.0182. The summed E-state index contributed by atoms with van der Waals surface area (Å²) < 4.78 is 6.44. The van der Waals surface area contributed by atoms with E-state index >= 15 is 0 Å². The van der Waals surface area contributed by atoms with Gasteiger partial charge in [-0.1, -0.05) is 23.4 Å². The number of nitro groups is 1. The molecule has 0 atom stereocenters. The van der Waals surface area contributed by atoms with Gasteiger partial charge >= 0.3 is 0 Å². The summed E-state index contributed by atoms with van der Waals surface area (Å²) in [4.78, 5) is 24.1. The Morgan fingerprint density at radius 3 is 2.73 bits per heavy atom. The smallest absolute Gasteiger partial charge is 0.281 e. The van der Waals surface area contributed by atoms with Gasteiger partial charge in [-0.05, 0) is 48.5 Å². The number of amides is 1. The Morgan fingerprint density at radius 2 is 1.97 bits per heavy atom. The fourth-order valence-electron chi connectivity index (χ4n) is 2.54. The largest absolute Gasteiger partial charge is 0.448 e. The van der Waals surface area contributed by atoms with Crippen LogP contribution >= 0.6 is 34.7 Å². The molecule has 0 unspecified atom stereocenters. The number of rotatable bonds is 6. The molecular formula is C20H12ClN3O4S2. The van der Waals surface area contributed by atoms with Crippen LogP contribution in [0.1, 0.15) is 15.4 Å². The zero-order chi connectivity index (χ0) is 21.1. The predicted molar refractivity (Wildman–Crippen MR) is 118 cm³/mol. The number of nitrogens with zero attached hydrogens (tertiary/aromatic N) is 2. The van der Waals surface area contributed by atoms with E-state index in [2.05, 4.69) is 10.5 Å². The van der Waals surface area contributed by atoms with Crippen molar-refractivity contribution < 1.29 is 14.1 Å². The number of carbonyl (C=O) groups is 1. The fourth-order valence-corrected chi connectivity index (χ4v) is 4.38. The first-order valence-corrected chi connectivity index (χ1v) is 10.5. The monoisotopic (exact) mass is 457 g/mol. The van der Waals surface area contributed by atoms with Gasteiger partial charge < -0.3 is 4.42 Å². The molecule has 1 N–H and O–H groups in total. The van der Waals surface area contributed by atoms with Gasteiger partial charge in [0.2, 0.25) is 0 Å². The van der Waals surface area contributed by atoms with E-state index in [-0.39, 0.29) is 5.69 Å². The van der Waals surface area contributed by atoms with Crippen molar-refractivity contribution in [2.75, 3.05) is 0 Å². The first-order valence-electron chi connectivity index (χ1n) is 8.52. The summed E-state index contributed by atoms with van der Waals surface area (Å²) in [5, 5.41) is 16.8. The number of benzene rings is 2. The second-order valence-corrected chi connectivity index (χ2v) is 8.60. The Kier molecular flexibility index (Phi) is 5.84. The van der Waals surface area contributed by atoms with Crippen LogP contribution in [-0.2, 0) is 0 Å². The molecule has 0 saturated carbocycles. The molecule has 7 nitrogen and oxygen atoms in total. The maximum atomic E-state index is 12.3. The number of fused-ring (bicyclic) bond motifs is 1. The zero-order valence-corrected chi connectivity index (χ0v) is 17.5. The van der Waals surface area contributed by atoms with Crippen LogP contribution in [0.4, 0.5) is 5.69 Å². The average Bonchev–Trinajstić information content (AvgIpc) is 3.35. The first kappa shape index (κ1) is 20.1. The molecule has 10 heteroatoms. The third kappa shape index (κ3) is 4.70. The number of hydrogen-bond donors (Lipinski definition) is 1. The SMILES string of the molecule is O=C(NN=Cc1ccc(Sc2ccc(Cl)cc2)o1)c1cc2cc([N+](=O)[O-])ccc2s1. The van der Waals surface area contributed by atoms with Crippen molar-refractivity contribution >= 4 is 62.6 Å². The third-order valence-electron chi connectivity index (χ3n) is 3.93. The van der Waals surface area contributed by atoms with Crippen LogP contribution in [0.2, 0.25) is 5.02 Å². The van der Waals surface area contributed by atoms with Crippen LogP contribution in [0.15, 0.2) is 80.2 Å². The van der Waals surface area contributed by atoms with Crippen molar-refractivity contribution in [1.82, 2.24) is 5.43 Å². The molecule has 4 aromatic rings. The summed E-state index contributed by atoms with van der Waals surface area (Å²) in [6, 6.07) is 17.0. The van der Waals surface area contributed by atoms with Gasteiger partial charge in [0.15, 0.2) is 5.09 Å². The van der Waals surface area contributed by atoms with E-state index < -0.39 is 10.8 Å². The maximum Gasteiger partial charge on any atom is 0.281 e. The molecular weight excluding hydrogens is 446 g/mol. The number of thiophene rings is 1. The van der Waals surface area contributed by atoms with Crippen molar-refractivity contribution in [2.24, 2.45) is 5.10 Å². The quantitative estimate of drug-likeness (QED) is 0.218. The van der Waals surface area contributed by atoms with E-state index in [9.17, 15) is 14.9 Å². The minimum Gasteiger partial charge on any atom is -0.448 e. The van der Waals surface area contributed by atoms with Gasteiger partial charge in [0.1, 0.15) is 5.76 Å². The second kappa shape index (κ2) is 8.70. The van der Waals surface area contributed by atoms with Crippen LogP contribution in [0.25, 0.3) is 10.1 Å². The number of nitro benzene ring substituents is 1. The molecule has 0 fully saturated rings. The normalized spacial score (nSPS) is 11.2. The highest BCUT2D eigenvalue weighted by atomic mass is 35.5. The third-order valence-corrected chi connectivity index (χ3v) is 6.22. The molecule has 150 valence electrons. The molecule has 0 bridgehead atoms. The van der Waals surface area contributed by atoms with Gasteiger partial charge in [0.05, 0.1) is 16.0 Å². The molecule has 2 heterocycles. The number of halogens is 1. The maximum absolute atomic E-state index is 12.3. The molecule has 2 aromatic carbocycles. The van der Waals surface area contributed by atoms with E-state index in [4.69, 9.17) is 16.0 Å². The summed E-state index contributed by atoms with van der Waals surface area (Å²) in [6.45, 7) is 0. The van der Waals surface area contributed by atoms with Crippen LogP contribution in [0.5, 0.6) is 0 Å². The average molecular weight is 458 g/mol. The molecule has 0 radical (unpaired) electrons. The van der Waals surface area contributed by atoms with Gasteiger partial charge in [-0.25, -0.2) is 5.43 Å². The van der Waals surface area contributed by atoms with Crippen molar-refractivity contribution in [3.8, 4) is 0 Å². The molecule has 0 spiro atoms. The van der Waals surface area contributed by atoms with Gasteiger partial charge in [0, 0.05) is 32.1 Å². The number of furan rings is 1. The molecule has 0 aliphatic carbocycles. The minimum atomic E-state index is -0.468. The van der Waals surface area contributed by atoms with E-state index in [1.54, 1.807) is 36.4 Å². The number of hydrazone groups is 1. The van der Waals surface area contributed by atoms with Gasteiger partial charge in [-0.2, -0.15) is 5.10 Å². The predicted octanol–water partition coefficient (Wildman–Crippen LogP) is 5.97. The highest BCUT2D eigenvalue weighted by Gasteiger charge is 2.13. The Bertz CT molecular complexity index is 1260. The number of hydrogen-bond acceptors (Lipinski definition) is 7. The van der Waals surface area contributed by atoms with Gasteiger partial charge in [-0.3, -0.25) is 14.9 Å². The molecule has 0 aliphatic heterocycles. The van der Waals surface area contributed by atoms with Crippen molar-refractivity contribution in [3.05, 3.63) is 86.4 Å². The van der Waals surface area contributed by atoms with Gasteiger partial charge in [0.25, 0.3) is 11.6 Å². The molecule has 30 heavy (non-hydrogen) atoms. The number of non-ortho nitro benzene ring substituents is 1. The van der Waals surface area contributed by atoms with Gasteiger partial charge in [-0.15, -0.1) is 11.3 Å². The highest BCUT2D eigenvalue weighted by molar-refractivity contribution is 7.99. The van der Waals surface area contributed by atoms with Crippen LogP contribution in [0, 0.1) is 10.1 Å². The Balaban J connectivity index is 1.39. The van der Waals surface area contributed by atoms with Crippen molar-refractivity contribution in [3.63, 3.8) is 0 Å². The fraction of sp³-hybridized carbons (Fsp3) is 0. The van der Waals surface area contributed by atoms with E-state index in [1.807, 2.05) is 12.1 Å². The lowest BCUT2D eigenvalue weighted by Crippen LogP contribution is -2.15.